The third-order valence-corrected chi connectivity index (χ3v) is 4.75. The molecular weight excluding hydrogens is 332 g/mol. The molecule has 2 nitrogen and oxygen atoms in total. The van der Waals surface area contributed by atoms with Crippen LogP contribution < -0.4 is 0 Å². The van der Waals surface area contributed by atoms with Crippen LogP contribution in [0.2, 0.25) is 0 Å². The van der Waals surface area contributed by atoms with E-state index in [-0.39, 0.29) is 17.6 Å². The van der Waals surface area contributed by atoms with Crippen LogP contribution in [0.4, 0.5) is 8.78 Å². The first-order valence-corrected chi connectivity index (χ1v) is 8.76. The zero-order valence-electron chi connectivity index (χ0n) is 15.8. The zero-order chi connectivity index (χ0) is 19.3. The molecule has 0 heterocycles. The van der Waals surface area contributed by atoms with E-state index in [0.29, 0.717) is 13.0 Å². The molecule has 0 aliphatic rings. The lowest BCUT2D eigenvalue weighted by atomic mass is 9.77. The lowest BCUT2D eigenvalue weighted by Crippen LogP contribution is -2.44. The normalized spacial score (nSPS) is 15.8. The van der Waals surface area contributed by atoms with E-state index in [1.165, 1.54) is 24.3 Å². The quantitative estimate of drug-likeness (QED) is 0.785. The highest BCUT2D eigenvalue weighted by Crippen LogP contribution is 2.32. The van der Waals surface area contributed by atoms with Crippen molar-refractivity contribution in [2.75, 3.05) is 20.6 Å². The van der Waals surface area contributed by atoms with Gasteiger partial charge in [0.2, 0.25) is 0 Å². The van der Waals surface area contributed by atoms with E-state index in [9.17, 15) is 13.9 Å². The van der Waals surface area contributed by atoms with E-state index in [1.807, 2.05) is 45.0 Å². The van der Waals surface area contributed by atoms with Gasteiger partial charge < -0.3 is 10.0 Å². The van der Waals surface area contributed by atoms with Crippen LogP contribution in [0.25, 0.3) is 6.08 Å². The van der Waals surface area contributed by atoms with Crippen molar-refractivity contribution in [3.8, 4) is 0 Å². The molecular formula is C22H27F2NO. The van der Waals surface area contributed by atoms with Crippen LogP contribution in [-0.4, -0.2) is 36.2 Å². The molecule has 0 amide bonds. The van der Waals surface area contributed by atoms with Crippen LogP contribution in [-0.2, 0) is 6.42 Å². The minimum atomic E-state index is -1.15. The fourth-order valence-corrected chi connectivity index (χ4v) is 3.29. The molecule has 0 spiro atoms. The molecule has 0 fully saturated rings. The van der Waals surface area contributed by atoms with Gasteiger partial charge in [0.1, 0.15) is 11.6 Å². The van der Waals surface area contributed by atoms with Crippen molar-refractivity contribution >= 4 is 6.08 Å². The molecule has 0 bridgehead atoms. The molecule has 2 rings (SSSR count). The smallest absolute Gasteiger partial charge is 0.123 e. The molecule has 0 saturated carbocycles. The Kier molecular flexibility index (Phi) is 6.68. The van der Waals surface area contributed by atoms with Gasteiger partial charge in [-0.05, 0) is 62.0 Å². The summed E-state index contributed by atoms with van der Waals surface area (Å²) in [5.41, 5.74) is 1.18. The van der Waals surface area contributed by atoms with Gasteiger partial charge in [0, 0.05) is 18.9 Å². The van der Waals surface area contributed by atoms with Gasteiger partial charge >= 0.3 is 0 Å². The molecule has 2 atom stereocenters. The summed E-state index contributed by atoms with van der Waals surface area (Å²) < 4.78 is 26.7. The number of hydrogen-bond donors (Lipinski definition) is 1. The summed E-state index contributed by atoms with van der Waals surface area (Å²) in [5, 5.41) is 11.6. The van der Waals surface area contributed by atoms with Crippen molar-refractivity contribution in [3.63, 3.8) is 0 Å². The second kappa shape index (κ2) is 8.56. The number of halogens is 2. The van der Waals surface area contributed by atoms with Crippen LogP contribution >= 0.6 is 0 Å². The average molecular weight is 359 g/mol. The molecule has 26 heavy (non-hydrogen) atoms. The minimum Gasteiger partial charge on any atom is -0.385 e. The summed E-state index contributed by atoms with van der Waals surface area (Å²) in [6.45, 7) is 4.54. The maximum Gasteiger partial charge on any atom is 0.123 e. The Morgan fingerprint density at radius 2 is 1.77 bits per heavy atom. The Morgan fingerprint density at radius 3 is 2.35 bits per heavy atom. The van der Waals surface area contributed by atoms with Gasteiger partial charge in [-0.25, -0.2) is 8.78 Å². The molecule has 1 N–H and O–H groups in total. The maximum absolute atomic E-state index is 13.6. The molecule has 0 saturated heterocycles. The van der Waals surface area contributed by atoms with Gasteiger partial charge in [-0.3, -0.25) is 0 Å². The summed E-state index contributed by atoms with van der Waals surface area (Å²) in [4.78, 5) is 2.02. The summed E-state index contributed by atoms with van der Waals surface area (Å²) in [5.74, 6) is -0.696. The zero-order valence-corrected chi connectivity index (χ0v) is 15.8. The van der Waals surface area contributed by atoms with E-state index >= 15 is 0 Å². The van der Waals surface area contributed by atoms with E-state index in [2.05, 4.69) is 0 Å². The standard InChI is InChI=1S/C22H27F2NO/c1-16(12-18-8-10-20(23)11-9-18)22(26,17(2)15-25(3)4)14-19-6-5-7-21(24)13-19/h5-13,17,26H,14-15H2,1-4H3. The molecule has 0 aliphatic carbocycles. The van der Waals surface area contributed by atoms with E-state index < -0.39 is 5.60 Å². The third kappa shape index (κ3) is 5.23. The summed E-state index contributed by atoms with van der Waals surface area (Å²) in [6, 6.07) is 12.5. The predicted molar refractivity (Wildman–Crippen MR) is 103 cm³/mol. The van der Waals surface area contributed by atoms with Crippen LogP contribution in [0.3, 0.4) is 0 Å². The first-order valence-electron chi connectivity index (χ1n) is 8.76. The van der Waals surface area contributed by atoms with E-state index in [0.717, 1.165) is 16.7 Å². The summed E-state index contributed by atoms with van der Waals surface area (Å²) in [6.07, 6.45) is 2.17. The lowest BCUT2D eigenvalue weighted by Gasteiger charge is -2.37. The molecule has 2 aromatic rings. The van der Waals surface area contributed by atoms with E-state index in [1.54, 1.807) is 18.2 Å². The van der Waals surface area contributed by atoms with Crippen LogP contribution in [0.1, 0.15) is 25.0 Å². The van der Waals surface area contributed by atoms with Crippen molar-refractivity contribution < 1.29 is 13.9 Å². The summed E-state index contributed by atoms with van der Waals surface area (Å²) in [7, 11) is 3.91. The summed E-state index contributed by atoms with van der Waals surface area (Å²) >= 11 is 0. The van der Waals surface area contributed by atoms with Gasteiger partial charge in [0.15, 0.2) is 0 Å². The minimum absolute atomic E-state index is 0.0857. The van der Waals surface area contributed by atoms with Gasteiger partial charge in [0.05, 0.1) is 5.60 Å². The van der Waals surface area contributed by atoms with Crippen molar-refractivity contribution in [3.05, 3.63) is 76.9 Å². The Morgan fingerprint density at radius 1 is 1.12 bits per heavy atom. The highest BCUT2D eigenvalue weighted by Gasteiger charge is 2.36. The highest BCUT2D eigenvalue weighted by atomic mass is 19.1. The topological polar surface area (TPSA) is 23.5 Å². The van der Waals surface area contributed by atoms with Crippen molar-refractivity contribution in [2.24, 2.45) is 5.92 Å². The first-order chi connectivity index (χ1) is 12.2. The molecule has 2 aromatic carbocycles. The van der Waals surface area contributed by atoms with Crippen LogP contribution in [0, 0.1) is 17.6 Å². The molecule has 2 unspecified atom stereocenters. The molecule has 0 radical (unpaired) electrons. The number of nitrogens with zero attached hydrogens (tertiary/aromatic N) is 1. The Bertz CT molecular complexity index is 755. The van der Waals surface area contributed by atoms with Gasteiger partial charge in [-0.15, -0.1) is 0 Å². The van der Waals surface area contributed by atoms with Crippen LogP contribution in [0.5, 0.6) is 0 Å². The molecule has 140 valence electrons. The fraction of sp³-hybridized carbons (Fsp3) is 0.364. The number of rotatable bonds is 7. The Labute approximate surface area is 154 Å². The average Bonchev–Trinajstić information content (AvgIpc) is 2.56. The maximum atomic E-state index is 13.6. The third-order valence-electron chi connectivity index (χ3n) is 4.75. The Balaban J connectivity index is 2.39. The van der Waals surface area contributed by atoms with Crippen molar-refractivity contribution in [2.45, 2.75) is 25.9 Å². The van der Waals surface area contributed by atoms with Crippen LogP contribution in [0.15, 0.2) is 54.1 Å². The first kappa shape index (κ1) is 20.3. The largest absolute Gasteiger partial charge is 0.385 e. The van der Waals surface area contributed by atoms with Gasteiger partial charge in [0.25, 0.3) is 0 Å². The van der Waals surface area contributed by atoms with Gasteiger partial charge in [-0.2, -0.15) is 0 Å². The highest BCUT2D eigenvalue weighted by molar-refractivity contribution is 5.55. The van der Waals surface area contributed by atoms with Crippen molar-refractivity contribution in [1.29, 1.82) is 0 Å². The monoisotopic (exact) mass is 359 g/mol. The Hall–Kier alpha value is -2.04. The van der Waals surface area contributed by atoms with Gasteiger partial charge in [-0.1, -0.05) is 37.3 Å². The molecule has 0 aromatic heterocycles. The fourth-order valence-electron chi connectivity index (χ4n) is 3.29. The predicted octanol–water partition coefficient (Wildman–Crippen LogP) is 4.54. The lowest BCUT2D eigenvalue weighted by molar-refractivity contribution is 0.0149. The molecule has 4 heteroatoms. The number of benzene rings is 2. The van der Waals surface area contributed by atoms with Crippen molar-refractivity contribution in [1.82, 2.24) is 4.90 Å². The second-order valence-corrected chi connectivity index (χ2v) is 7.27. The number of aliphatic hydroxyl groups is 1. The second-order valence-electron chi connectivity index (χ2n) is 7.27. The SMILES string of the molecule is CC(=Cc1ccc(F)cc1)C(O)(Cc1cccc(F)c1)C(C)CN(C)C. The molecule has 0 aliphatic heterocycles. The van der Waals surface area contributed by atoms with E-state index in [4.69, 9.17) is 0 Å². The number of hydrogen-bond acceptors (Lipinski definition) is 2.